The lowest BCUT2D eigenvalue weighted by atomic mass is 10.1. The molecule has 1 aromatic rings. The van der Waals surface area contributed by atoms with E-state index >= 15 is 0 Å². The molecule has 1 saturated heterocycles. The molecule has 0 bridgehead atoms. The Morgan fingerprint density at radius 3 is 3.10 bits per heavy atom. The molecular weight excluding hydrogens is 297 g/mol. The highest BCUT2D eigenvalue weighted by atomic mass is 35.5. The van der Waals surface area contributed by atoms with E-state index < -0.39 is 5.82 Å². The SMILES string of the molecule is CCCCOC(=O)N1CCOC(c2ccc(Cl)c(F)c2)C1. The molecule has 1 unspecified atom stereocenters. The summed E-state index contributed by atoms with van der Waals surface area (Å²) >= 11 is 5.67. The number of hydrogen-bond donors (Lipinski definition) is 0. The van der Waals surface area contributed by atoms with Crippen LogP contribution in [0.15, 0.2) is 18.2 Å². The summed E-state index contributed by atoms with van der Waals surface area (Å²) in [6.07, 6.45) is 1.13. The number of halogens is 2. The minimum Gasteiger partial charge on any atom is -0.449 e. The van der Waals surface area contributed by atoms with E-state index in [1.54, 1.807) is 11.0 Å². The third kappa shape index (κ3) is 4.32. The van der Waals surface area contributed by atoms with Crippen molar-refractivity contribution >= 4 is 17.7 Å². The van der Waals surface area contributed by atoms with Gasteiger partial charge >= 0.3 is 6.09 Å². The van der Waals surface area contributed by atoms with E-state index in [0.717, 1.165) is 12.8 Å². The molecule has 0 aromatic heterocycles. The molecule has 1 heterocycles. The zero-order valence-corrected chi connectivity index (χ0v) is 12.7. The molecule has 4 nitrogen and oxygen atoms in total. The molecule has 1 atom stereocenters. The Bertz CT molecular complexity index is 498. The first kappa shape index (κ1) is 16.0. The molecule has 0 radical (unpaired) electrons. The van der Waals surface area contributed by atoms with Crippen LogP contribution in [0, 0.1) is 5.82 Å². The molecule has 1 aliphatic heterocycles. The number of carbonyl (C=O) groups excluding carboxylic acids is 1. The molecule has 1 fully saturated rings. The third-order valence-corrected chi connectivity index (χ3v) is 3.67. The molecule has 0 aliphatic carbocycles. The number of carbonyl (C=O) groups is 1. The van der Waals surface area contributed by atoms with Gasteiger partial charge in [0.2, 0.25) is 0 Å². The van der Waals surface area contributed by atoms with Crippen LogP contribution in [0.1, 0.15) is 31.4 Å². The van der Waals surface area contributed by atoms with Gasteiger partial charge < -0.3 is 14.4 Å². The van der Waals surface area contributed by atoms with E-state index in [1.807, 2.05) is 6.92 Å². The molecule has 1 aliphatic rings. The number of morpholine rings is 1. The number of hydrogen-bond acceptors (Lipinski definition) is 3. The van der Waals surface area contributed by atoms with Crippen LogP contribution in [0.25, 0.3) is 0 Å². The Morgan fingerprint density at radius 2 is 2.38 bits per heavy atom. The summed E-state index contributed by atoms with van der Waals surface area (Å²) < 4.78 is 24.3. The summed E-state index contributed by atoms with van der Waals surface area (Å²) in [4.78, 5) is 13.5. The van der Waals surface area contributed by atoms with E-state index in [0.29, 0.717) is 31.9 Å². The Kier molecular flexibility index (Phi) is 5.82. The van der Waals surface area contributed by atoms with Gasteiger partial charge in [-0.15, -0.1) is 0 Å². The summed E-state index contributed by atoms with van der Waals surface area (Å²) in [7, 11) is 0. The van der Waals surface area contributed by atoms with Crippen LogP contribution in [0.4, 0.5) is 9.18 Å². The smallest absolute Gasteiger partial charge is 0.409 e. The van der Waals surface area contributed by atoms with Crippen molar-refractivity contribution < 1.29 is 18.7 Å². The Morgan fingerprint density at radius 1 is 1.57 bits per heavy atom. The first-order chi connectivity index (χ1) is 10.1. The van der Waals surface area contributed by atoms with E-state index in [1.165, 1.54) is 12.1 Å². The number of rotatable bonds is 4. The van der Waals surface area contributed by atoms with E-state index in [-0.39, 0.29) is 17.2 Å². The predicted molar refractivity (Wildman–Crippen MR) is 77.9 cm³/mol. The van der Waals surface area contributed by atoms with Gasteiger partial charge in [0.25, 0.3) is 0 Å². The van der Waals surface area contributed by atoms with E-state index in [4.69, 9.17) is 21.1 Å². The second-order valence-electron chi connectivity index (χ2n) is 4.95. The van der Waals surface area contributed by atoms with Crippen LogP contribution in [0.3, 0.4) is 0 Å². The fraction of sp³-hybridized carbons (Fsp3) is 0.533. The summed E-state index contributed by atoms with van der Waals surface area (Å²) in [6.45, 7) is 3.70. The number of ether oxygens (including phenoxy) is 2. The van der Waals surface area contributed by atoms with Crippen molar-refractivity contribution in [2.24, 2.45) is 0 Å². The molecule has 21 heavy (non-hydrogen) atoms. The van der Waals surface area contributed by atoms with Gasteiger partial charge in [0, 0.05) is 6.54 Å². The predicted octanol–water partition coefficient (Wildman–Crippen LogP) is 3.79. The van der Waals surface area contributed by atoms with Crippen molar-refractivity contribution in [2.75, 3.05) is 26.3 Å². The second kappa shape index (κ2) is 7.61. The number of amides is 1. The average Bonchev–Trinajstić information content (AvgIpc) is 2.50. The van der Waals surface area contributed by atoms with Gasteiger partial charge in [-0.05, 0) is 24.1 Å². The minimum absolute atomic E-state index is 0.0744. The number of nitrogens with zero attached hydrogens (tertiary/aromatic N) is 1. The Hall–Kier alpha value is -1.33. The summed E-state index contributed by atoms with van der Waals surface area (Å²) in [6, 6.07) is 4.55. The second-order valence-corrected chi connectivity index (χ2v) is 5.35. The van der Waals surface area contributed by atoms with Crippen molar-refractivity contribution in [3.8, 4) is 0 Å². The van der Waals surface area contributed by atoms with Gasteiger partial charge in [-0.25, -0.2) is 9.18 Å². The lowest BCUT2D eigenvalue weighted by Gasteiger charge is -2.32. The first-order valence-corrected chi connectivity index (χ1v) is 7.48. The molecule has 0 N–H and O–H groups in total. The number of benzene rings is 1. The highest BCUT2D eigenvalue weighted by Crippen LogP contribution is 2.25. The molecule has 0 saturated carbocycles. The quantitative estimate of drug-likeness (QED) is 0.794. The monoisotopic (exact) mass is 315 g/mol. The van der Waals surface area contributed by atoms with Crippen molar-refractivity contribution in [1.82, 2.24) is 4.90 Å². The maximum atomic E-state index is 13.5. The molecule has 1 aromatic carbocycles. The molecular formula is C15H19ClFNO3. The van der Waals surface area contributed by atoms with Crippen LogP contribution in [0.2, 0.25) is 5.02 Å². The fourth-order valence-electron chi connectivity index (χ4n) is 2.12. The molecule has 0 spiro atoms. The highest BCUT2D eigenvalue weighted by Gasteiger charge is 2.26. The summed E-state index contributed by atoms with van der Waals surface area (Å²) in [5.41, 5.74) is 0.669. The van der Waals surface area contributed by atoms with E-state index in [2.05, 4.69) is 0 Å². The fourth-order valence-corrected chi connectivity index (χ4v) is 2.24. The molecule has 1 amide bonds. The molecule has 2 rings (SSSR count). The van der Waals surface area contributed by atoms with Crippen molar-refractivity contribution in [2.45, 2.75) is 25.9 Å². The minimum atomic E-state index is -0.486. The van der Waals surface area contributed by atoms with Crippen LogP contribution in [-0.2, 0) is 9.47 Å². The summed E-state index contributed by atoms with van der Waals surface area (Å²) in [5, 5.41) is 0.0744. The van der Waals surface area contributed by atoms with Gasteiger partial charge in [0.1, 0.15) is 11.9 Å². The van der Waals surface area contributed by atoms with Crippen LogP contribution < -0.4 is 0 Å². The van der Waals surface area contributed by atoms with Crippen LogP contribution in [0.5, 0.6) is 0 Å². The van der Waals surface area contributed by atoms with Crippen molar-refractivity contribution in [1.29, 1.82) is 0 Å². The van der Waals surface area contributed by atoms with Crippen LogP contribution in [-0.4, -0.2) is 37.3 Å². The zero-order valence-electron chi connectivity index (χ0n) is 12.0. The maximum Gasteiger partial charge on any atom is 0.409 e. The third-order valence-electron chi connectivity index (χ3n) is 3.36. The standard InChI is InChI=1S/C15H19ClFNO3/c1-2-3-7-21-15(19)18-6-8-20-14(10-18)11-4-5-12(16)13(17)9-11/h4-5,9,14H,2-3,6-8,10H2,1H3. The Labute approximate surface area is 128 Å². The first-order valence-electron chi connectivity index (χ1n) is 7.10. The van der Waals surface area contributed by atoms with Gasteiger partial charge in [-0.2, -0.15) is 0 Å². The van der Waals surface area contributed by atoms with E-state index in [9.17, 15) is 9.18 Å². The lowest BCUT2D eigenvalue weighted by Crippen LogP contribution is -2.42. The van der Waals surface area contributed by atoms with Gasteiger partial charge in [-0.3, -0.25) is 0 Å². The van der Waals surface area contributed by atoms with Crippen molar-refractivity contribution in [3.63, 3.8) is 0 Å². The lowest BCUT2D eigenvalue weighted by molar-refractivity contribution is -0.0287. The van der Waals surface area contributed by atoms with Gasteiger partial charge in [0.15, 0.2) is 0 Å². The highest BCUT2D eigenvalue weighted by molar-refractivity contribution is 6.30. The number of unbranched alkanes of at least 4 members (excludes halogenated alkanes) is 1. The topological polar surface area (TPSA) is 38.8 Å². The normalized spacial score (nSPS) is 18.6. The maximum absolute atomic E-state index is 13.5. The van der Waals surface area contributed by atoms with Gasteiger partial charge in [-0.1, -0.05) is 31.0 Å². The molecule has 6 heteroatoms. The molecule has 116 valence electrons. The van der Waals surface area contributed by atoms with Gasteiger partial charge in [0.05, 0.1) is 24.8 Å². The zero-order chi connectivity index (χ0) is 15.2. The largest absolute Gasteiger partial charge is 0.449 e. The Balaban J connectivity index is 1.96. The average molecular weight is 316 g/mol. The summed E-state index contributed by atoms with van der Waals surface area (Å²) in [5.74, 6) is -0.486. The van der Waals surface area contributed by atoms with Crippen molar-refractivity contribution in [3.05, 3.63) is 34.6 Å². The van der Waals surface area contributed by atoms with Crippen LogP contribution >= 0.6 is 11.6 Å².